The van der Waals surface area contributed by atoms with E-state index in [0.29, 0.717) is 6.04 Å². The Balaban J connectivity index is 2.61. The topological polar surface area (TPSA) is 39.1 Å². The van der Waals surface area contributed by atoms with Crippen LogP contribution < -0.4 is 5.32 Å². The minimum Gasteiger partial charge on any atom is -0.302 e. The van der Waals surface area contributed by atoms with Crippen molar-refractivity contribution in [3.63, 3.8) is 0 Å². The third kappa shape index (κ3) is 5.07. The van der Waals surface area contributed by atoms with Crippen LogP contribution in [0.3, 0.4) is 0 Å². The molecule has 1 N–H and O–H groups in total. The summed E-state index contributed by atoms with van der Waals surface area (Å²) in [5, 5.41) is 12.7. The summed E-state index contributed by atoms with van der Waals surface area (Å²) in [4.78, 5) is 2.65. The molecule has 0 aromatic rings. The fraction of sp³-hybridized carbons (Fsp3) is 0.941. The van der Waals surface area contributed by atoms with Gasteiger partial charge in [0.2, 0.25) is 0 Å². The van der Waals surface area contributed by atoms with E-state index in [1.54, 1.807) is 0 Å². The second kappa shape index (κ2) is 8.00. The van der Waals surface area contributed by atoms with E-state index < -0.39 is 0 Å². The zero-order valence-electron chi connectivity index (χ0n) is 14.1. The van der Waals surface area contributed by atoms with E-state index in [2.05, 4.69) is 44.0 Å². The number of nitriles is 1. The highest BCUT2D eigenvalue weighted by molar-refractivity contribution is 5.12. The Labute approximate surface area is 125 Å². The van der Waals surface area contributed by atoms with Crippen LogP contribution in [0.4, 0.5) is 0 Å². The molecule has 1 rings (SSSR count). The number of nitrogens with one attached hydrogen (secondary N) is 1. The zero-order valence-corrected chi connectivity index (χ0v) is 14.1. The zero-order chi connectivity index (χ0) is 15.2. The molecule has 1 aliphatic carbocycles. The predicted octanol–water partition coefficient (Wildman–Crippen LogP) is 3.41. The van der Waals surface area contributed by atoms with Gasteiger partial charge in [0.25, 0.3) is 0 Å². The minimum absolute atomic E-state index is 0.279. The maximum absolute atomic E-state index is 9.42. The first kappa shape index (κ1) is 17.5. The summed E-state index contributed by atoms with van der Waals surface area (Å²) in [7, 11) is 1.93. The van der Waals surface area contributed by atoms with Gasteiger partial charge in [-0.2, -0.15) is 5.26 Å². The van der Waals surface area contributed by atoms with Gasteiger partial charge in [0, 0.05) is 6.04 Å². The summed E-state index contributed by atoms with van der Waals surface area (Å²) in [5.41, 5.74) is -0.279. The smallest absolute Gasteiger partial charge is 0.108 e. The van der Waals surface area contributed by atoms with Crippen molar-refractivity contribution in [2.45, 2.75) is 71.4 Å². The van der Waals surface area contributed by atoms with Crippen molar-refractivity contribution in [3.8, 4) is 6.07 Å². The molecule has 0 aromatic heterocycles. The van der Waals surface area contributed by atoms with E-state index in [0.717, 1.165) is 31.1 Å². The Morgan fingerprint density at radius 2 is 1.75 bits per heavy atom. The van der Waals surface area contributed by atoms with Crippen molar-refractivity contribution in [2.24, 2.45) is 11.8 Å². The molecule has 2 unspecified atom stereocenters. The van der Waals surface area contributed by atoms with Gasteiger partial charge >= 0.3 is 0 Å². The average molecular weight is 279 g/mol. The van der Waals surface area contributed by atoms with E-state index in [-0.39, 0.29) is 5.54 Å². The highest BCUT2D eigenvalue weighted by atomic mass is 15.2. The van der Waals surface area contributed by atoms with Crippen molar-refractivity contribution < 1.29 is 0 Å². The molecule has 1 fully saturated rings. The first-order chi connectivity index (χ1) is 9.42. The van der Waals surface area contributed by atoms with Gasteiger partial charge in [-0.05, 0) is 64.1 Å². The predicted molar refractivity (Wildman–Crippen MR) is 85.5 cm³/mol. The van der Waals surface area contributed by atoms with Crippen molar-refractivity contribution in [1.82, 2.24) is 10.2 Å². The third-order valence-corrected chi connectivity index (χ3v) is 4.68. The van der Waals surface area contributed by atoms with Crippen LogP contribution in [0, 0.1) is 23.2 Å². The van der Waals surface area contributed by atoms with E-state index in [1.165, 1.54) is 25.9 Å². The van der Waals surface area contributed by atoms with Crippen LogP contribution in [0.25, 0.3) is 0 Å². The molecule has 116 valence electrons. The maximum atomic E-state index is 9.42. The molecule has 20 heavy (non-hydrogen) atoms. The summed E-state index contributed by atoms with van der Waals surface area (Å²) in [5.74, 6) is 1.51. The van der Waals surface area contributed by atoms with E-state index >= 15 is 0 Å². The van der Waals surface area contributed by atoms with E-state index in [1.807, 2.05) is 7.05 Å². The SMILES string of the molecule is CNC1(C#N)CCC(N(CCC(C)C)CCC(C)C)C1. The Morgan fingerprint density at radius 1 is 1.20 bits per heavy atom. The van der Waals surface area contributed by atoms with Crippen LogP contribution in [0.5, 0.6) is 0 Å². The molecule has 3 heteroatoms. The Bertz CT molecular complexity index is 307. The maximum Gasteiger partial charge on any atom is 0.108 e. The van der Waals surface area contributed by atoms with Crippen LogP contribution in [-0.4, -0.2) is 36.6 Å². The lowest BCUT2D eigenvalue weighted by atomic mass is 9.99. The normalized spacial score (nSPS) is 26.6. The molecule has 1 aliphatic rings. The fourth-order valence-corrected chi connectivity index (χ4v) is 3.04. The van der Waals surface area contributed by atoms with Crippen molar-refractivity contribution >= 4 is 0 Å². The van der Waals surface area contributed by atoms with Crippen LogP contribution >= 0.6 is 0 Å². The average Bonchev–Trinajstić information content (AvgIpc) is 2.83. The van der Waals surface area contributed by atoms with E-state index in [4.69, 9.17) is 0 Å². The molecule has 0 bridgehead atoms. The molecular formula is C17H33N3. The number of hydrogen-bond donors (Lipinski definition) is 1. The summed E-state index contributed by atoms with van der Waals surface area (Å²) in [6.07, 6.45) is 5.65. The minimum atomic E-state index is -0.279. The molecule has 3 nitrogen and oxygen atoms in total. The van der Waals surface area contributed by atoms with Gasteiger partial charge in [0.15, 0.2) is 0 Å². The highest BCUT2D eigenvalue weighted by Crippen LogP contribution is 2.33. The van der Waals surface area contributed by atoms with Crippen LogP contribution in [0.15, 0.2) is 0 Å². The summed E-state index contributed by atoms with van der Waals surface area (Å²) < 4.78 is 0. The quantitative estimate of drug-likeness (QED) is 0.740. The summed E-state index contributed by atoms with van der Waals surface area (Å²) in [6.45, 7) is 11.5. The van der Waals surface area contributed by atoms with Gasteiger partial charge < -0.3 is 10.2 Å². The molecule has 2 atom stereocenters. The summed E-state index contributed by atoms with van der Waals surface area (Å²) in [6, 6.07) is 3.09. The molecule has 0 heterocycles. The molecular weight excluding hydrogens is 246 g/mol. The van der Waals surface area contributed by atoms with Gasteiger partial charge in [-0.15, -0.1) is 0 Å². The molecule has 0 amide bonds. The largest absolute Gasteiger partial charge is 0.302 e. The third-order valence-electron chi connectivity index (χ3n) is 4.68. The monoisotopic (exact) mass is 279 g/mol. The van der Waals surface area contributed by atoms with Crippen molar-refractivity contribution in [2.75, 3.05) is 20.1 Å². The Kier molecular flexibility index (Phi) is 6.99. The first-order valence-electron chi connectivity index (χ1n) is 8.26. The highest BCUT2D eigenvalue weighted by Gasteiger charge is 2.40. The van der Waals surface area contributed by atoms with Crippen molar-refractivity contribution in [1.29, 1.82) is 5.26 Å². The van der Waals surface area contributed by atoms with Crippen LogP contribution in [0.1, 0.15) is 59.8 Å². The van der Waals surface area contributed by atoms with Gasteiger partial charge in [-0.25, -0.2) is 0 Å². The fourth-order valence-electron chi connectivity index (χ4n) is 3.04. The second-order valence-corrected chi connectivity index (χ2v) is 7.24. The number of nitrogens with zero attached hydrogens (tertiary/aromatic N) is 2. The molecule has 0 radical (unpaired) electrons. The number of hydrogen-bond acceptors (Lipinski definition) is 3. The molecule has 0 aromatic carbocycles. The Hall–Kier alpha value is -0.590. The lowest BCUT2D eigenvalue weighted by Gasteiger charge is -2.31. The first-order valence-corrected chi connectivity index (χ1v) is 8.26. The van der Waals surface area contributed by atoms with Gasteiger partial charge in [0.1, 0.15) is 5.54 Å². The lowest BCUT2D eigenvalue weighted by Crippen LogP contribution is -2.42. The standard InChI is InChI=1S/C17H33N3/c1-14(2)7-10-20(11-8-15(3)4)16-6-9-17(12-16,13-18)19-5/h14-16,19H,6-12H2,1-5H3. The molecule has 0 aliphatic heterocycles. The molecule has 0 spiro atoms. The van der Waals surface area contributed by atoms with Gasteiger partial charge in [0.05, 0.1) is 6.07 Å². The molecule has 0 saturated heterocycles. The number of rotatable bonds is 8. The lowest BCUT2D eigenvalue weighted by molar-refractivity contribution is 0.174. The van der Waals surface area contributed by atoms with Gasteiger partial charge in [-0.1, -0.05) is 27.7 Å². The second-order valence-electron chi connectivity index (χ2n) is 7.24. The Morgan fingerprint density at radius 3 is 2.10 bits per heavy atom. The summed E-state index contributed by atoms with van der Waals surface area (Å²) >= 11 is 0. The molecule has 1 saturated carbocycles. The van der Waals surface area contributed by atoms with Crippen molar-refractivity contribution in [3.05, 3.63) is 0 Å². The van der Waals surface area contributed by atoms with E-state index in [9.17, 15) is 5.26 Å². The van der Waals surface area contributed by atoms with Gasteiger partial charge in [-0.3, -0.25) is 0 Å². The van der Waals surface area contributed by atoms with Crippen LogP contribution in [0.2, 0.25) is 0 Å². The van der Waals surface area contributed by atoms with Crippen LogP contribution in [-0.2, 0) is 0 Å².